The van der Waals surface area contributed by atoms with Crippen molar-refractivity contribution in [3.8, 4) is 0 Å². The molecule has 0 aromatic carbocycles. The molecule has 0 atom stereocenters. The molecule has 0 bridgehead atoms. The Labute approximate surface area is 155 Å². The number of nitrogens with zero attached hydrogens (tertiary/aromatic N) is 2. The van der Waals surface area contributed by atoms with E-state index in [9.17, 15) is 13.2 Å². The molecule has 0 unspecified atom stereocenters. The average Bonchev–Trinajstić information content (AvgIpc) is 3.13. The van der Waals surface area contributed by atoms with Crippen molar-refractivity contribution in [1.29, 1.82) is 0 Å². The highest BCUT2D eigenvalue weighted by molar-refractivity contribution is 7.88. The van der Waals surface area contributed by atoms with E-state index in [0.29, 0.717) is 31.8 Å². The van der Waals surface area contributed by atoms with Gasteiger partial charge in [0.1, 0.15) is 5.76 Å². The maximum absolute atomic E-state index is 12.4. The number of likely N-dealkylation sites (tertiary alicyclic amines) is 1. The molecule has 2 fully saturated rings. The minimum absolute atomic E-state index is 0.0629. The standard InChI is InChI=1S/C18H29N3O4S/c1-26(23,24)21-10-6-16(7-11-21)18(22)19-13-15-4-8-20(9-5-15)14-17-3-2-12-25-17/h2-3,12,15-16H,4-11,13-14H2,1H3,(H,19,22). The van der Waals surface area contributed by atoms with Crippen LogP contribution in [0.4, 0.5) is 0 Å². The predicted molar refractivity (Wildman–Crippen MR) is 98.9 cm³/mol. The Morgan fingerprint density at radius 1 is 1.19 bits per heavy atom. The van der Waals surface area contributed by atoms with Crippen molar-refractivity contribution in [2.24, 2.45) is 11.8 Å². The first kappa shape index (κ1) is 19.4. The third kappa shape index (κ3) is 5.31. The molecule has 0 aliphatic carbocycles. The zero-order chi connectivity index (χ0) is 18.6. The van der Waals surface area contributed by atoms with Crippen LogP contribution >= 0.6 is 0 Å². The maximum atomic E-state index is 12.4. The van der Waals surface area contributed by atoms with Crippen molar-refractivity contribution in [1.82, 2.24) is 14.5 Å². The molecule has 1 aromatic rings. The highest BCUT2D eigenvalue weighted by Gasteiger charge is 2.29. The summed E-state index contributed by atoms with van der Waals surface area (Å²) in [7, 11) is -3.14. The summed E-state index contributed by atoms with van der Waals surface area (Å²) in [4.78, 5) is 14.8. The van der Waals surface area contributed by atoms with E-state index in [1.165, 1.54) is 10.6 Å². The van der Waals surface area contributed by atoms with Gasteiger partial charge in [0, 0.05) is 25.6 Å². The van der Waals surface area contributed by atoms with Crippen LogP contribution in [0.15, 0.2) is 22.8 Å². The third-order valence-electron chi connectivity index (χ3n) is 5.53. The summed E-state index contributed by atoms with van der Waals surface area (Å²) in [5.74, 6) is 1.53. The number of nitrogens with one attached hydrogen (secondary N) is 1. The molecule has 0 radical (unpaired) electrons. The molecule has 0 saturated carbocycles. The molecular formula is C18H29N3O4S. The molecule has 7 nitrogen and oxygen atoms in total. The first-order valence-electron chi connectivity index (χ1n) is 9.39. The van der Waals surface area contributed by atoms with Crippen LogP contribution in [0, 0.1) is 11.8 Å². The van der Waals surface area contributed by atoms with E-state index in [0.717, 1.165) is 44.8 Å². The summed E-state index contributed by atoms with van der Waals surface area (Å²) in [6, 6.07) is 3.92. The predicted octanol–water partition coefficient (Wildman–Crippen LogP) is 1.28. The monoisotopic (exact) mass is 383 g/mol. The molecule has 2 aliphatic rings. The van der Waals surface area contributed by atoms with Crippen LogP contribution in [0.2, 0.25) is 0 Å². The van der Waals surface area contributed by atoms with Gasteiger partial charge in [0.2, 0.25) is 15.9 Å². The van der Waals surface area contributed by atoms with E-state index in [2.05, 4.69) is 10.2 Å². The number of furan rings is 1. The zero-order valence-electron chi connectivity index (χ0n) is 15.4. The van der Waals surface area contributed by atoms with Gasteiger partial charge in [0.15, 0.2) is 0 Å². The van der Waals surface area contributed by atoms with Gasteiger partial charge in [-0.3, -0.25) is 9.69 Å². The fourth-order valence-electron chi connectivity index (χ4n) is 3.81. The van der Waals surface area contributed by atoms with Gasteiger partial charge < -0.3 is 9.73 Å². The second-order valence-electron chi connectivity index (χ2n) is 7.48. The smallest absolute Gasteiger partial charge is 0.223 e. The van der Waals surface area contributed by atoms with Gasteiger partial charge in [-0.25, -0.2) is 12.7 Å². The lowest BCUT2D eigenvalue weighted by atomic mass is 9.94. The topological polar surface area (TPSA) is 82.9 Å². The molecule has 3 heterocycles. The SMILES string of the molecule is CS(=O)(=O)N1CCC(C(=O)NCC2CCN(Cc3ccco3)CC2)CC1. The van der Waals surface area contributed by atoms with Crippen molar-refractivity contribution in [2.45, 2.75) is 32.2 Å². The molecule has 1 N–H and O–H groups in total. The first-order valence-corrected chi connectivity index (χ1v) is 11.2. The Balaban J connectivity index is 1.34. The van der Waals surface area contributed by atoms with Gasteiger partial charge in [-0.1, -0.05) is 0 Å². The van der Waals surface area contributed by atoms with Crippen molar-refractivity contribution in [3.63, 3.8) is 0 Å². The Morgan fingerprint density at radius 2 is 1.88 bits per heavy atom. The van der Waals surface area contributed by atoms with Crippen LogP contribution in [0.25, 0.3) is 0 Å². The fraction of sp³-hybridized carbons (Fsp3) is 0.722. The Hall–Kier alpha value is -1.38. The number of carbonyl (C=O) groups excluding carboxylic acids is 1. The molecule has 1 aromatic heterocycles. The molecular weight excluding hydrogens is 354 g/mol. The number of hydrogen-bond donors (Lipinski definition) is 1. The van der Waals surface area contributed by atoms with Crippen LogP contribution in [-0.4, -0.2) is 62.5 Å². The third-order valence-corrected chi connectivity index (χ3v) is 6.83. The minimum atomic E-state index is -3.14. The summed E-state index contributed by atoms with van der Waals surface area (Å²) >= 11 is 0. The Morgan fingerprint density at radius 3 is 2.46 bits per heavy atom. The van der Waals surface area contributed by atoms with Crippen molar-refractivity contribution in [3.05, 3.63) is 24.2 Å². The summed E-state index contributed by atoms with van der Waals surface area (Å²) in [6.07, 6.45) is 6.31. The van der Waals surface area contributed by atoms with Gasteiger partial charge in [-0.2, -0.15) is 0 Å². The fourth-order valence-corrected chi connectivity index (χ4v) is 4.68. The van der Waals surface area contributed by atoms with E-state index in [1.54, 1.807) is 6.26 Å². The largest absolute Gasteiger partial charge is 0.468 e. The Bertz CT molecular complexity index is 673. The van der Waals surface area contributed by atoms with E-state index in [4.69, 9.17) is 4.42 Å². The van der Waals surface area contributed by atoms with Crippen LogP contribution in [0.3, 0.4) is 0 Å². The Kier molecular flexibility index (Phi) is 6.37. The van der Waals surface area contributed by atoms with Crippen molar-refractivity contribution >= 4 is 15.9 Å². The van der Waals surface area contributed by atoms with Crippen LogP contribution < -0.4 is 5.32 Å². The lowest BCUT2D eigenvalue weighted by molar-refractivity contribution is -0.126. The highest BCUT2D eigenvalue weighted by atomic mass is 32.2. The number of rotatable bonds is 6. The average molecular weight is 384 g/mol. The van der Waals surface area contributed by atoms with Gasteiger partial charge in [0.05, 0.1) is 19.1 Å². The van der Waals surface area contributed by atoms with Crippen molar-refractivity contribution < 1.29 is 17.6 Å². The molecule has 146 valence electrons. The van der Waals surface area contributed by atoms with Crippen LogP contribution in [0.5, 0.6) is 0 Å². The maximum Gasteiger partial charge on any atom is 0.223 e. The highest BCUT2D eigenvalue weighted by Crippen LogP contribution is 2.21. The van der Waals surface area contributed by atoms with E-state index >= 15 is 0 Å². The number of hydrogen-bond acceptors (Lipinski definition) is 5. The van der Waals surface area contributed by atoms with Crippen molar-refractivity contribution in [2.75, 3.05) is 39.0 Å². The van der Waals surface area contributed by atoms with E-state index in [1.807, 2.05) is 12.1 Å². The lowest BCUT2D eigenvalue weighted by Gasteiger charge is -2.32. The molecule has 2 saturated heterocycles. The molecule has 0 spiro atoms. The lowest BCUT2D eigenvalue weighted by Crippen LogP contribution is -2.44. The normalized spacial score (nSPS) is 21.7. The summed E-state index contributed by atoms with van der Waals surface area (Å²) in [6.45, 7) is 4.51. The summed E-state index contributed by atoms with van der Waals surface area (Å²) < 4.78 is 29.9. The first-order chi connectivity index (χ1) is 12.4. The number of amides is 1. The van der Waals surface area contributed by atoms with Gasteiger partial charge in [-0.05, 0) is 56.8 Å². The second kappa shape index (κ2) is 8.54. The van der Waals surface area contributed by atoms with E-state index in [-0.39, 0.29) is 11.8 Å². The quantitative estimate of drug-likeness (QED) is 0.800. The van der Waals surface area contributed by atoms with Crippen LogP contribution in [0.1, 0.15) is 31.4 Å². The van der Waals surface area contributed by atoms with E-state index < -0.39 is 10.0 Å². The summed E-state index contributed by atoms with van der Waals surface area (Å²) in [5, 5.41) is 3.09. The molecule has 8 heteroatoms. The second-order valence-corrected chi connectivity index (χ2v) is 9.46. The molecule has 3 rings (SSSR count). The van der Waals surface area contributed by atoms with Gasteiger partial charge in [0.25, 0.3) is 0 Å². The van der Waals surface area contributed by atoms with Gasteiger partial charge in [-0.15, -0.1) is 0 Å². The molecule has 26 heavy (non-hydrogen) atoms. The zero-order valence-corrected chi connectivity index (χ0v) is 16.2. The number of carbonyl (C=O) groups is 1. The summed E-state index contributed by atoms with van der Waals surface area (Å²) in [5.41, 5.74) is 0. The minimum Gasteiger partial charge on any atom is -0.468 e. The number of sulfonamides is 1. The molecule has 2 aliphatic heterocycles. The van der Waals surface area contributed by atoms with Crippen LogP contribution in [-0.2, 0) is 21.4 Å². The molecule has 1 amide bonds. The van der Waals surface area contributed by atoms with Gasteiger partial charge >= 0.3 is 0 Å². The number of piperidine rings is 2.